The van der Waals surface area contributed by atoms with Crippen molar-refractivity contribution in [3.63, 3.8) is 0 Å². The molecule has 2 aromatic carbocycles. The zero-order chi connectivity index (χ0) is 17.8. The lowest BCUT2D eigenvalue weighted by molar-refractivity contribution is 0.482. The van der Waals surface area contributed by atoms with E-state index in [0.717, 1.165) is 24.7 Å². The van der Waals surface area contributed by atoms with E-state index in [9.17, 15) is 0 Å². The zero-order valence-corrected chi connectivity index (χ0v) is 15.7. The van der Waals surface area contributed by atoms with Crippen molar-refractivity contribution < 1.29 is 4.74 Å². The summed E-state index contributed by atoms with van der Waals surface area (Å²) in [6, 6.07) is 13.7. The SMILES string of the molecule is CC(C)N(CC1=CNCN1)c1ccc(Oc2ccc(Cl)c(Cl)c2)cc1. The lowest BCUT2D eigenvalue weighted by Gasteiger charge is -2.29. The first-order chi connectivity index (χ1) is 12.0. The third-order valence-corrected chi connectivity index (χ3v) is 4.69. The Hall–Kier alpha value is -2.04. The van der Waals surface area contributed by atoms with Crippen LogP contribution in [0.3, 0.4) is 0 Å². The van der Waals surface area contributed by atoms with Gasteiger partial charge < -0.3 is 20.3 Å². The lowest BCUT2D eigenvalue weighted by atomic mass is 10.2. The topological polar surface area (TPSA) is 36.5 Å². The van der Waals surface area contributed by atoms with Gasteiger partial charge in [-0.2, -0.15) is 0 Å². The largest absolute Gasteiger partial charge is 0.457 e. The Kier molecular flexibility index (Phi) is 5.61. The summed E-state index contributed by atoms with van der Waals surface area (Å²) in [7, 11) is 0. The highest BCUT2D eigenvalue weighted by molar-refractivity contribution is 6.42. The van der Waals surface area contributed by atoms with Crippen molar-refractivity contribution in [1.29, 1.82) is 0 Å². The van der Waals surface area contributed by atoms with E-state index in [0.29, 0.717) is 21.8 Å². The van der Waals surface area contributed by atoms with Gasteiger partial charge in [0.2, 0.25) is 0 Å². The van der Waals surface area contributed by atoms with E-state index in [1.165, 1.54) is 5.70 Å². The van der Waals surface area contributed by atoms with E-state index in [4.69, 9.17) is 27.9 Å². The molecule has 0 radical (unpaired) electrons. The van der Waals surface area contributed by atoms with E-state index >= 15 is 0 Å². The van der Waals surface area contributed by atoms with Gasteiger partial charge in [0.15, 0.2) is 0 Å². The van der Waals surface area contributed by atoms with Crippen LogP contribution in [-0.4, -0.2) is 19.3 Å². The molecule has 4 nitrogen and oxygen atoms in total. The van der Waals surface area contributed by atoms with Crippen LogP contribution in [-0.2, 0) is 0 Å². The summed E-state index contributed by atoms with van der Waals surface area (Å²) in [5.74, 6) is 1.42. The molecule has 0 atom stereocenters. The molecule has 2 aromatic rings. The van der Waals surface area contributed by atoms with E-state index < -0.39 is 0 Å². The summed E-state index contributed by atoms with van der Waals surface area (Å²) in [6.45, 7) is 5.99. The predicted molar refractivity (Wildman–Crippen MR) is 105 cm³/mol. The fraction of sp³-hybridized carbons (Fsp3) is 0.263. The second-order valence-corrected chi connectivity index (χ2v) is 6.94. The molecule has 0 bridgehead atoms. The highest BCUT2D eigenvalue weighted by atomic mass is 35.5. The molecule has 0 saturated heterocycles. The Morgan fingerprint density at radius 3 is 2.36 bits per heavy atom. The highest BCUT2D eigenvalue weighted by Crippen LogP contribution is 2.30. The van der Waals surface area contributed by atoms with Gasteiger partial charge in [0.25, 0.3) is 0 Å². The van der Waals surface area contributed by atoms with Gasteiger partial charge in [0.05, 0.1) is 23.3 Å². The number of anilines is 1. The number of benzene rings is 2. The van der Waals surface area contributed by atoms with Crippen LogP contribution in [0.25, 0.3) is 0 Å². The Morgan fingerprint density at radius 1 is 1.04 bits per heavy atom. The molecule has 0 aromatic heterocycles. The maximum atomic E-state index is 6.03. The van der Waals surface area contributed by atoms with Crippen LogP contribution in [0.4, 0.5) is 5.69 Å². The van der Waals surface area contributed by atoms with Crippen LogP contribution < -0.4 is 20.3 Å². The van der Waals surface area contributed by atoms with Crippen molar-refractivity contribution >= 4 is 28.9 Å². The van der Waals surface area contributed by atoms with Crippen molar-refractivity contribution in [2.75, 3.05) is 18.1 Å². The molecular formula is C19H21Cl2N3O. The Balaban J connectivity index is 1.72. The number of hydrogen-bond acceptors (Lipinski definition) is 4. The average molecular weight is 378 g/mol. The van der Waals surface area contributed by atoms with E-state index in [1.54, 1.807) is 18.2 Å². The average Bonchev–Trinajstić information content (AvgIpc) is 3.10. The van der Waals surface area contributed by atoms with Crippen molar-refractivity contribution in [1.82, 2.24) is 10.6 Å². The minimum Gasteiger partial charge on any atom is -0.457 e. The van der Waals surface area contributed by atoms with Gasteiger partial charge in [-0.05, 0) is 50.2 Å². The van der Waals surface area contributed by atoms with Crippen LogP contribution in [0.1, 0.15) is 13.8 Å². The molecule has 0 spiro atoms. The van der Waals surface area contributed by atoms with Gasteiger partial charge in [-0.25, -0.2) is 0 Å². The molecule has 6 heteroatoms. The van der Waals surface area contributed by atoms with Crippen LogP contribution in [0.15, 0.2) is 54.4 Å². The van der Waals surface area contributed by atoms with Crippen molar-refractivity contribution in [2.45, 2.75) is 19.9 Å². The second kappa shape index (κ2) is 7.89. The maximum absolute atomic E-state index is 6.03. The van der Waals surface area contributed by atoms with Crippen LogP contribution in [0, 0.1) is 0 Å². The van der Waals surface area contributed by atoms with E-state index in [1.807, 2.05) is 18.3 Å². The molecule has 1 aliphatic heterocycles. The number of halogens is 2. The van der Waals surface area contributed by atoms with Crippen molar-refractivity contribution in [3.8, 4) is 11.5 Å². The molecule has 0 aliphatic carbocycles. The number of nitrogens with one attached hydrogen (secondary N) is 2. The molecule has 0 saturated carbocycles. The maximum Gasteiger partial charge on any atom is 0.129 e. The number of ether oxygens (including phenoxy) is 1. The number of rotatable bonds is 6. The summed E-state index contributed by atoms with van der Waals surface area (Å²) < 4.78 is 5.85. The van der Waals surface area contributed by atoms with E-state index in [2.05, 4.69) is 41.5 Å². The molecule has 25 heavy (non-hydrogen) atoms. The number of hydrogen-bond donors (Lipinski definition) is 2. The van der Waals surface area contributed by atoms with Crippen LogP contribution in [0.5, 0.6) is 11.5 Å². The Morgan fingerprint density at radius 2 is 1.76 bits per heavy atom. The first kappa shape index (κ1) is 17.8. The van der Waals surface area contributed by atoms with Gasteiger partial charge in [-0.3, -0.25) is 0 Å². The molecule has 0 amide bonds. The fourth-order valence-electron chi connectivity index (χ4n) is 2.63. The van der Waals surface area contributed by atoms with Crippen molar-refractivity contribution in [3.05, 3.63) is 64.4 Å². The zero-order valence-electron chi connectivity index (χ0n) is 14.2. The summed E-state index contributed by atoms with van der Waals surface area (Å²) in [6.07, 6.45) is 2.02. The molecule has 1 aliphatic rings. The molecule has 2 N–H and O–H groups in total. The monoisotopic (exact) mass is 377 g/mol. The van der Waals surface area contributed by atoms with Crippen LogP contribution in [0.2, 0.25) is 10.0 Å². The number of nitrogens with zero attached hydrogens (tertiary/aromatic N) is 1. The summed E-state index contributed by atoms with van der Waals surface area (Å²) in [5.41, 5.74) is 2.33. The molecule has 0 unspecified atom stereocenters. The summed E-state index contributed by atoms with van der Waals surface area (Å²) in [4.78, 5) is 2.33. The lowest BCUT2D eigenvalue weighted by Crippen LogP contribution is -2.34. The second-order valence-electron chi connectivity index (χ2n) is 6.12. The van der Waals surface area contributed by atoms with Crippen molar-refractivity contribution in [2.24, 2.45) is 0 Å². The van der Waals surface area contributed by atoms with Gasteiger partial charge in [-0.15, -0.1) is 0 Å². The van der Waals surface area contributed by atoms with Crippen LogP contribution >= 0.6 is 23.2 Å². The summed E-state index contributed by atoms with van der Waals surface area (Å²) in [5, 5.41) is 7.49. The van der Waals surface area contributed by atoms with E-state index in [-0.39, 0.29) is 0 Å². The molecular weight excluding hydrogens is 357 g/mol. The van der Waals surface area contributed by atoms with Gasteiger partial charge in [0.1, 0.15) is 11.5 Å². The molecule has 0 fully saturated rings. The Bertz CT molecular complexity index is 760. The Labute approximate surface area is 158 Å². The highest BCUT2D eigenvalue weighted by Gasteiger charge is 2.14. The van der Waals surface area contributed by atoms with Gasteiger partial charge >= 0.3 is 0 Å². The smallest absolute Gasteiger partial charge is 0.129 e. The minimum atomic E-state index is 0.380. The normalized spacial score (nSPS) is 13.2. The fourth-order valence-corrected chi connectivity index (χ4v) is 2.92. The first-order valence-electron chi connectivity index (χ1n) is 8.19. The third kappa shape index (κ3) is 4.53. The van der Waals surface area contributed by atoms with Gasteiger partial charge in [0, 0.05) is 29.7 Å². The standard InChI is InChI=1S/C19H21Cl2N3O/c1-13(2)24(11-14-10-22-12-23-14)15-3-5-16(6-4-15)25-17-7-8-18(20)19(21)9-17/h3-10,13,22-23H,11-12H2,1-2H3. The molecule has 3 rings (SSSR count). The third-order valence-electron chi connectivity index (χ3n) is 3.95. The van der Waals surface area contributed by atoms with Gasteiger partial charge in [-0.1, -0.05) is 23.2 Å². The summed E-state index contributed by atoms with van der Waals surface area (Å²) >= 11 is 12.0. The first-order valence-corrected chi connectivity index (χ1v) is 8.94. The predicted octanol–water partition coefficient (Wildman–Crippen LogP) is 4.99. The molecule has 1 heterocycles. The molecule has 132 valence electrons. The minimum absolute atomic E-state index is 0.380. The quantitative estimate of drug-likeness (QED) is 0.742.